The molecule has 6 heteroatoms. The first-order valence-electron chi connectivity index (χ1n) is 6.56. The predicted molar refractivity (Wildman–Crippen MR) is 89.2 cm³/mol. The quantitative estimate of drug-likeness (QED) is 0.379. The number of carbonyl (C=O) groups excluding carboxylic acids is 1. The smallest absolute Gasteiger partial charge is 0.328 e. The average Bonchev–Trinajstić information content (AvgIpc) is 2.55. The van der Waals surface area contributed by atoms with E-state index in [1.54, 1.807) is 0 Å². The van der Waals surface area contributed by atoms with Crippen LogP contribution in [-0.2, 0) is 9.59 Å². The molecule has 5 nitrogen and oxygen atoms in total. The number of carbonyl (C=O) groups is 2. The number of benzene rings is 2. The standard InChI is InChI=1S/C17H14N2O3.Ca/c20-15(11-12-16(21)22)18-19-17(13-7-3-1-4-8-13)14-9-5-2-6-10-14;/h1-12H,(H,18,20)(H,21,22);/b12-11-;. The van der Waals surface area contributed by atoms with Crippen molar-refractivity contribution in [3.8, 4) is 0 Å². The summed E-state index contributed by atoms with van der Waals surface area (Å²) in [6.45, 7) is 0. The maximum Gasteiger partial charge on any atom is 0.328 e. The molecule has 2 N–H and O–H groups in total. The molecular formula is C17H14CaN2O3. The Labute approximate surface area is 163 Å². The summed E-state index contributed by atoms with van der Waals surface area (Å²) in [5.74, 6) is -1.79. The molecule has 2 aromatic rings. The van der Waals surface area contributed by atoms with Gasteiger partial charge >= 0.3 is 5.97 Å². The van der Waals surface area contributed by atoms with E-state index < -0.39 is 11.9 Å². The van der Waals surface area contributed by atoms with Crippen molar-refractivity contribution in [3.63, 3.8) is 0 Å². The Hall–Kier alpha value is -1.95. The Balaban J connectivity index is 0.00000264. The van der Waals surface area contributed by atoms with Gasteiger partial charge in [0.25, 0.3) is 5.91 Å². The normalized spacial score (nSPS) is 9.74. The Kier molecular flexibility index (Phi) is 8.26. The van der Waals surface area contributed by atoms with Crippen LogP contribution in [0.3, 0.4) is 0 Å². The third kappa shape index (κ3) is 6.36. The van der Waals surface area contributed by atoms with Crippen LogP contribution in [0.25, 0.3) is 0 Å². The number of nitrogens with zero attached hydrogens (tertiary/aromatic N) is 1. The second-order valence-electron chi connectivity index (χ2n) is 4.34. The predicted octanol–water partition coefficient (Wildman–Crippen LogP) is 1.82. The Bertz CT molecular complexity index is 672. The number of carboxylic acid groups (broad SMARTS) is 1. The Morgan fingerprint density at radius 2 is 1.35 bits per heavy atom. The molecule has 23 heavy (non-hydrogen) atoms. The van der Waals surface area contributed by atoms with Crippen LogP contribution in [0.2, 0.25) is 0 Å². The minimum atomic E-state index is -1.19. The molecule has 1 amide bonds. The van der Waals surface area contributed by atoms with Gasteiger partial charge < -0.3 is 5.11 Å². The number of hydrogen-bond acceptors (Lipinski definition) is 3. The van der Waals surface area contributed by atoms with Crippen molar-refractivity contribution in [2.45, 2.75) is 0 Å². The van der Waals surface area contributed by atoms with E-state index in [4.69, 9.17) is 5.11 Å². The molecule has 0 aromatic heterocycles. The number of hydrazone groups is 1. The van der Waals surface area contributed by atoms with Crippen LogP contribution in [0.1, 0.15) is 11.1 Å². The maximum atomic E-state index is 11.5. The van der Waals surface area contributed by atoms with Crippen LogP contribution in [-0.4, -0.2) is 60.4 Å². The van der Waals surface area contributed by atoms with Crippen molar-refractivity contribution < 1.29 is 14.7 Å². The molecule has 0 atom stereocenters. The third-order valence-electron chi connectivity index (χ3n) is 2.75. The first kappa shape index (κ1) is 19.1. The number of rotatable bonds is 5. The molecule has 0 aliphatic rings. The monoisotopic (exact) mass is 334 g/mol. The zero-order chi connectivity index (χ0) is 15.8. The molecular weight excluding hydrogens is 320 g/mol. The van der Waals surface area contributed by atoms with Gasteiger partial charge in [-0.3, -0.25) is 4.79 Å². The minimum Gasteiger partial charge on any atom is -0.478 e. The van der Waals surface area contributed by atoms with Crippen LogP contribution < -0.4 is 5.43 Å². The zero-order valence-corrected chi connectivity index (χ0v) is 14.6. The van der Waals surface area contributed by atoms with E-state index in [0.717, 1.165) is 23.3 Å². The van der Waals surface area contributed by atoms with Gasteiger partial charge in [0.2, 0.25) is 0 Å². The molecule has 0 bridgehead atoms. The largest absolute Gasteiger partial charge is 0.478 e. The van der Waals surface area contributed by atoms with Crippen molar-refractivity contribution in [2.24, 2.45) is 5.10 Å². The molecule has 0 fully saturated rings. The summed E-state index contributed by atoms with van der Waals surface area (Å²) in [6, 6.07) is 18.8. The molecule has 0 saturated carbocycles. The fourth-order valence-corrected chi connectivity index (χ4v) is 1.78. The van der Waals surface area contributed by atoms with Crippen molar-refractivity contribution in [3.05, 3.63) is 83.9 Å². The van der Waals surface area contributed by atoms with E-state index in [0.29, 0.717) is 5.71 Å². The van der Waals surface area contributed by atoms with Gasteiger partial charge in [-0.1, -0.05) is 60.7 Å². The molecule has 0 spiro atoms. The van der Waals surface area contributed by atoms with Gasteiger partial charge in [0.05, 0.1) is 5.71 Å². The van der Waals surface area contributed by atoms with Crippen LogP contribution in [0.15, 0.2) is 77.9 Å². The van der Waals surface area contributed by atoms with E-state index in [1.807, 2.05) is 60.7 Å². The molecule has 0 unspecified atom stereocenters. The van der Waals surface area contributed by atoms with E-state index in [2.05, 4.69) is 10.5 Å². The SMILES string of the molecule is O=C(O)/C=C\C(=O)NN=C(c1ccccc1)c1ccccc1.[Ca]. The summed E-state index contributed by atoms with van der Waals surface area (Å²) in [7, 11) is 0. The van der Waals surface area contributed by atoms with Gasteiger partial charge in [-0.2, -0.15) is 5.10 Å². The second-order valence-corrected chi connectivity index (χ2v) is 4.34. The summed E-state index contributed by atoms with van der Waals surface area (Å²) < 4.78 is 0. The number of aliphatic carboxylic acids is 1. The van der Waals surface area contributed by atoms with E-state index >= 15 is 0 Å². The van der Waals surface area contributed by atoms with E-state index in [1.165, 1.54) is 0 Å². The number of amides is 1. The summed E-state index contributed by atoms with van der Waals surface area (Å²) >= 11 is 0. The van der Waals surface area contributed by atoms with Gasteiger partial charge in [0.1, 0.15) is 0 Å². The van der Waals surface area contributed by atoms with Crippen molar-refractivity contribution in [2.75, 3.05) is 0 Å². The van der Waals surface area contributed by atoms with Gasteiger partial charge in [0, 0.05) is 61.0 Å². The molecule has 2 rings (SSSR count). The van der Waals surface area contributed by atoms with Crippen LogP contribution in [0, 0.1) is 0 Å². The first-order chi connectivity index (χ1) is 10.7. The average molecular weight is 334 g/mol. The molecule has 0 heterocycles. The summed E-state index contributed by atoms with van der Waals surface area (Å²) in [6.07, 6.45) is 1.68. The van der Waals surface area contributed by atoms with Crippen LogP contribution in [0.5, 0.6) is 0 Å². The molecule has 112 valence electrons. The number of carboxylic acids is 1. The number of nitrogens with one attached hydrogen (secondary N) is 1. The molecule has 0 aliphatic carbocycles. The fourth-order valence-electron chi connectivity index (χ4n) is 1.78. The summed E-state index contributed by atoms with van der Waals surface area (Å²) in [4.78, 5) is 21.9. The van der Waals surface area contributed by atoms with Crippen LogP contribution >= 0.6 is 0 Å². The minimum absolute atomic E-state index is 0. The Morgan fingerprint density at radius 1 is 0.870 bits per heavy atom. The van der Waals surface area contributed by atoms with E-state index in [9.17, 15) is 9.59 Å². The molecule has 2 radical (unpaired) electrons. The van der Waals surface area contributed by atoms with Crippen molar-refractivity contribution in [1.82, 2.24) is 5.43 Å². The molecule has 0 aliphatic heterocycles. The van der Waals surface area contributed by atoms with Gasteiger partial charge in [0.15, 0.2) is 0 Å². The van der Waals surface area contributed by atoms with Crippen molar-refractivity contribution in [1.29, 1.82) is 0 Å². The number of hydrogen-bond donors (Lipinski definition) is 2. The third-order valence-corrected chi connectivity index (χ3v) is 2.75. The molecule has 2 aromatic carbocycles. The van der Waals surface area contributed by atoms with Gasteiger partial charge in [-0.05, 0) is 0 Å². The van der Waals surface area contributed by atoms with Gasteiger partial charge in [-0.25, -0.2) is 10.2 Å². The summed E-state index contributed by atoms with van der Waals surface area (Å²) in [5, 5.41) is 12.6. The van der Waals surface area contributed by atoms with Crippen LogP contribution in [0.4, 0.5) is 0 Å². The second kappa shape index (κ2) is 9.94. The first-order valence-corrected chi connectivity index (χ1v) is 6.56. The topological polar surface area (TPSA) is 78.8 Å². The van der Waals surface area contributed by atoms with E-state index in [-0.39, 0.29) is 37.7 Å². The fraction of sp³-hybridized carbons (Fsp3) is 0. The Morgan fingerprint density at radius 3 is 1.78 bits per heavy atom. The molecule has 0 saturated heterocycles. The van der Waals surface area contributed by atoms with Gasteiger partial charge in [-0.15, -0.1) is 0 Å². The zero-order valence-electron chi connectivity index (χ0n) is 12.3. The summed E-state index contributed by atoms with van der Waals surface area (Å²) in [5.41, 5.74) is 4.62. The van der Waals surface area contributed by atoms with Crippen molar-refractivity contribution >= 4 is 55.3 Å². The maximum absolute atomic E-state index is 11.5.